The van der Waals surface area contributed by atoms with Crippen molar-refractivity contribution in [2.24, 2.45) is 0 Å². The second-order valence-corrected chi connectivity index (χ2v) is 7.71. The summed E-state index contributed by atoms with van der Waals surface area (Å²) in [5.41, 5.74) is 1.05. The summed E-state index contributed by atoms with van der Waals surface area (Å²) >= 11 is 18.0. The fourth-order valence-corrected chi connectivity index (χ4v) is 3.80. The zero-order valence-electron chi connectivity index (χ0n) is 16.0. The highest BCUT2D eigenvalue weighted by atomic mass is 35.5. The Morgan fingerprint density at radius 3 is 2.09 bits per heavy atom. The molecule has 3 aromatic carbocycles. The molecule has 1 atom stereocenters. The van der Waals surface area contributed by atoms with Crippen LogP contribution in [0.15, 0.2) is 60.7 Å². The molecule has 0 saturated carbocycles. The van der Waals surface area contributed by atoms with Gasteiger partial charge in [0.05, 0.1) is 21.7 Å². The average Bonchev–Trinajstić information content (AvgIpc) is 2.71. The lowest BCUT2D eigenvalue weighted by molar-refractivity contribution is -0.274. The molecular weight excluding hydrogens is 493 g/mol. The van der Waals surface area contributed by atoms with E-state index in [1.54, 1.807) is 12.1 Å². The van der Waals surface area contributed by atoms with Gasteiger partial charge in [0.2, 0.25) is 0 Å². The summed E-state index contributed by atoms with van der Waals surface area (Å²) in [4.78, 5) is 12.6. The van der Waals surface area contributed by atoms with Crippen molar-refractivity contribution >= 4 is 40.7 Å². The van der Waals surface area contributed by atoms with Gasteiger partial charge in [-0.1, -0.05) is 53.5 Å². The van der Waals surface area contributed by atoms with E-state index in [2.05, 4.69) is 10.1 Å². The third-order valence-electron chi connectivity index (χ3n) is 4.45. The second-order valence-electron chi connectivity index (χ2n) is 6.59. The Balaban J connectivity index is 1.81. The number of nitrogens with one attached hydrogen (secondary N) is 1. The predicted octanol–water partition coefficient (Wildman–Crippen LogP) is 7.41. The van der Waals surface area contributed by atoms with Gasteiger partial charge in [-0.05, 0) is 41.5 Å². The zero-order valence-corrected chi connectivity index (χ0v) is 18.3. The second kappa shape index (κ2) is 9.98. The maximum atomic E-state index is 14.9. The summed E-state index contributed by atoms with van der Waals surface area (Å²) in [6, 6.07) is 12.9. The third-order valence-corrected chi connectivity index (χ3v) is 5.39. The predicted molar refractivity (Wildman–Crippen MR) is 116 cm³/mol. The van der Waals surface area contributed by atoms with Gasteiger partial charge < -0.3 is 10.1 Å². The van der Waals surface area contributed by atoms with Crippen molar-refractivity contribution in [2.75, 3.05) is 5.88 Å². The van der Waals surface area contributed by atoms with Gasteiger partial charge in [-0.2, -0.15) is 0 Å². The highest BCUT2D eigenvalue weighted by Gasteiger charge is 2.31. The van der Waals surface area contributed by atoms with Crippen molar-refractivity contribution < 1.29 is 27.1 Å². The van der Waals surface area contributed by atoms with E-state index in [9.17, 15) is 22.4 Å². The normalized spacial score (nSPS) is 12.3. The van der Waals surface area contributed by atoms with Crippen molar-refractivity contribution in [2.45, 2.75) is 12.4 Å². The van der Waals surface area contributed by atoms with Gasteiger partial charge in [0.15, 0.2) is 0 Å². The molecule has 3 rings (SSSR count). The number of benzene rings is 3. The van der Waals surface area contributed by atoms with Gasteiger partial charge in [0, 0.05) is 11.4 Å². The molecule has 0 aliphatic carbocycles. The van der Waals surface area contributed by atoms with Gasteiger partial charge >= 0.3 is 6.36 Å². The number of halogens is 7. The number of hydrogen-bond donors (Lipinski definition) is 1. The molecule has 0 heterocycles. The Bertz CT molecular complexity index is 1100. The van der Waals surface area contributed by atoms with Crippen molar-refractivity contribution in [1.29, 1.82) is 0 Å². The molecule has 1 unspecified atom stereocenters. The Labute approximate surface area is 195 Å². The Kier molecular flexibility index (Phi) is 7.54. The van der Waals surface area contributed by atoms with Crippen LogP contribution in [0.4, 0.5) is 17.6 Å². The summed E-state index contributed by atoms with van der Waals surface area (Å²) < 4.78 is 55.5. The molecule has 0 bridgehead atoms. The summed E-state index contributed by atoms with van der Waals surface area (Å²) in [6.07, 6.45) is -4.80. The Morgan fingerprint density at radius 2 is 1.56 bits per heavy atom. The smallest absolute Gasteiger partial charge is 0.406 e. The number of ether oxygens (including phenoxy) is 1. The SMILES string of the molecule is O=C(NC(CCl)c1ccc(-c2ccc(OC(F)(F)F)cc2)cc1F)c1c(Cl)cccc1Cl. The first-order valence-electron chi connectivity index (χ1n) is 9.05. The summed E-state index contributed by atoms with van der Waals surface area (Å²) in [5.74, 6) is -1.79. The van der Waals surface area contributed by atoms with Crippen LogP contribution in [-0.2, 0) is 0 Å². The molecule has 0 aliphatic heterocycles. The molecule has 168 valence electrons. The van der Waals surface area contributed by atoms with E-state index in [1.807, 2.05) is 0 Å². The maximum absolute atomic E-state index is 14.9. The van der Waals surface area contributed by atoms with Crippen molar-refractivity contribution in [3.05, 3.63) is 87.7 Å². The highest BCUT2D eigenvalue weighted by molar-refractivity contribution is 6.39. The minimum absolute atomic E-state index is 0.0455. The first-order valence-corrected chi connectivity index (χ1v) is 10.3. The van der Waals surface area contributed by atoms with Crippen LogP contribution in [0.25, 0.3) is 11.1 Å². The number of hydrogen-bond acceptors (Lipinski definition) is 2. The molecule has 3 aromatic rings. The van der Waals surface area contributed by atoms with E-state index in [0.717, 1.165) is 12.1 Å². The van der Waals surface area contributed by atoms with Crippen molar-refractivity contribution in [3.8, 4) is 16.9 Å². The third kappa shape index (κ3) is 5.85. The monoisotopic (exact) mass is 505 g/mol. The lowest BCUT2D eigenvalue weighted by Gasteiger charge is -2.19. The summed E-state index contributed by atoms with van der Waals surface area (Å²) in [6.45, 7) is 0. The lowest BCUT2D eigenvalue weighted by Crippen LogP contribution is -2.30. The van der Waals surface area contributed by atoms with Crippen LogP contribution in [0.1, 0.15) is 22.0 Å². The van der Waals surface area contributed by atoms with Crippen molar-refractivity contribution in [1.82, 2.24) is 5.32 Å². The number of carbonyl (C=O) groups is 1. The molecule has 32 heavy (non-hydrogen) atoms. The van der Waals surface area contributed by atoms with E-state index in [1.165, 1.54) is 36.4 Å². The number of carbonyl (C=O) groups excluding carboxylic acids is 1. The van der Waals surface area contributed by atoms with E-state index in [0.29, 0.717) is 11.1 Å². The molecule has 0 fully saturated rings. The molecule has 1 amide bonds. The minimum atomic E-state index is -4.80. The standard InChI is InChI=1S/C22H14Cl3F4NO2/c23-11-19(30-21(31)20-16(24)2-1-3-17(20)25)15-9-6-13(10-18(15)26)12-4-7-14(8-5-12)32-22(27,28)29/h1-10,19H,11H2,(H,30,31). The van der Waals surface area contributed by atoms with Crippen LogP contribution in [0, 0.1) is 5.82 Å². The maximum Gasteiger partial charge on any atom is 0.573 e. The van der Waals surface area contributed by atoms with Gasteiger partial charge in [0.1, 0.15) is 11.6 Å². The van der Waals surface area contributed by atoms with Crippen LogP contribution >= 0.6 is 34.8 Å². The quantitative estimate of drug-likeness (QED) is 0.279. The molecule has 0 aliphatic rings. The van der Waals surface area contributed by atoms with Crippen LogP contribution in [0.3, 0.4) is 0 Å². The Morgan fingerprint density at radius 1 is 0.969 bits per heavy atom. The molecule has 0 radical (unpaired) electrons. The van der Waals surface area contributed by atoms with Gasteiger partial charge in [-0.15, -0.1) is 24.8 Å². The number of amides is 1. The average molecular weight is 507 g/mol. The highest BCUT2D eigenvalue weighted by Crippen LogP contribution is 2.30. The number of rotatable bonds is 6. The van der Waals surface area contributed by atoms with Gasteiger partial charge in [-0.25, -0.2) is 4.39 Å². The van der Waals surface area contributed by atoms with E-state index < -0.39 is 24.1 Å². The molecule has 0 spiro atoms. The van der Waals surface area contributed by atoms with Gasteiger partial charge in [-0.3, -0.25) is 4.79 Å². The molecule has 0 saturated heterocycles. The topological polar surface area (TPSA) is 38.3 Å². The van der Waals surface area contributed by atoms with E-state index >= 15 is 0 Å². The van der Waals surface area contributed by atoms with E-state index in [-0.39, 0.29) is 32.8 Å². The Hall–Kier alpha value is -2.48. The van der Waals surface area contributed by atoms with Crippen LogP contribution < -0.4 is 10.1 Å². The summed E-state index contributed by atoms with van der Waals surface area (Å²) in [7, 11) is 0. The number of alkyl halides is 4. The molecule has 3 nitrogen and oxygen atoms in total. The lowest BCUT2D eigenvalue weighted by atomic mass is 10.00. The van der Waals surface area contributed by atoms with Crippen LogP contribution in [-0.4, -0.2) is 18.1 Å². The molecule has 0 aromatic heterocycles. The van der Waals surface area contributed by atoms with E-state index in [4.69, 9.17) is 34.8 Å². The summed E-state index contributed by atoms with van der Waals surface area (Å²) in [5, 5.41) is 2.88. The van der Waals surface area contributed by atoms with Crippen LogP contribution in [0.5, 0.6) is 5.75 Å². The zero-order chi connectivity index (χ0) is 23.5. The van der Waals surface area contributed by atoms with Crippen LogP contribution in [0.2, 0.25) is 10.0 Å². The molecule has 1 N–H and O–H groups in total. The molecule has 10 heteroatoms. The minimum Gasteiger partial charge on any atom is -0.406 e. The fourth-order valence-electron chi connectivity index (χ4n) is 2.98. The van der Waals surface area contributed by atoms with Crippen molar-refractivity contribution in [3.63, 3.8) is 0 Å². The first kappa shape index (κ1) is 24.2. The van der Waals surface area contributed by atoms with Gasteiger partial charge in [0.25, 0.3) is 5.91 Å². The fraction of sp³-hybridized carbons (Fsp3) is 0.136. The molecular formula is C22H14Cl3F4NO2. The largest absolute Gasteiger partial charge is 0.573 e. The first-order chi connectivity index (χ1) is 15.1.